The quantitative estimate of drug-likeness (QED) is 0.784. The smallest absolute Gasteiger partial charge is 0.312 e. The van der Waals surface area contributed by atoms with E-state index in [-0.39, 0.29) is 17.9 Å². The molecule has 0 radical (unpaired) electrons. The number of carbonyl (C=O) groups is 2. The van der Waals surface area contributed by atoms with Crippen molar-refractivity contribution < 1.29 is 14.0 Å². The van der Waals surface area contributed by atoms with Gasteiger partial charge in [0.15, 0.2) is 0 Å². The molecule has 1 fully saturated rings. The van der Waals surface area contributed by atoms with Crippen LogP contribution in [0.1, 0.15) is 49.9 Å². The molecule has 2 aromatic rings. The molecule has 0 aromatic heterocycles. The Morgan fingerprint density at radius 2 is 1.70 bits per heavy atom. The van der Waals surface area contributed by atoms with Gasteiger partial charge in [-0.15, -0.1) is 0 Å². The normalized spacial score (nSPS) is 15.7. The van der Waals surface area contributed by atoms with Crippen molar-refractivity contribution in [1.29, 1.82) is 0 Å². The zero-order valence-electron chi connectivity index (χ0n) is 15.7. The second kappa shape index (κ2) is 8.33. The summed E-state index contributed by atoms with van der Waals surface area (Å²) >= 11 is 0. The largest absolute Gasteiger partial charge is 0.341 e. The maximum Gasteiger partial charge on any atom is 0.312 e. The Hall–Kier alpha value is -2.69. The molecule has 4 nitrogen and oxygen atoms in total. The fourth-order valence-electron chi connectivity index (χ4n) is 3.41. The number of likely N-dealkylation sites (N-methyl/N-ethyl adjacent to an activating group) is 1. The van der Waals surface area contributed by atoms with Crippen LogP contribution >= 0.6 is 0 Å². The van der Waals surface area contributed by atoms with Crippen LogP contribution in [0, 0.1) is 11.7 Å². The lowest BCUT2D eigenvalue weighted by molar-refractivity contribution is -0.147. The number of carbonyl (C=O) groups excluding carboxylic acids is 2. The Bertz CT molecular complexity index is 788. The summed E-state index contributed by atoms with van der Waals surface area (Å²) in [4.78, 5) is 27.0. The van der Waals surface area contributed by atoms with Crippen molar-refractivity contribution >= 4 is 11.8 Å². The fourth-order valence-corrected chi connectivity index (χ4v) is 3.41. The minimum atomic E-state index is -0.591. The van der Waals surface area contributed by atoms with Gasteiger partial charge in [0.25, 0.3) is 0 Å². The zero-order valence-corrected chi connectivity index (χ0v) is 15.7. The Morgan fingerprint density at radius 1 is 1.07 bits per heavy atom. The van der Waals surface area contributed by atoms with Crippen LogP contribution in [0.2, 0.25) is 0 Å². The maximum atomic E-state index is 13.2. The third kappa shape index (κ3) is 4.54. The van der Waals surface area contributed by atoms with E-state index >= 15 is 0 Å². The topological polar surface area (TPSA) is 49.4 Å². The molecular formula is C22H25FN2O2. The first kappa shape index (κ1) is 19.1. The lowest BCUT2D eigenvalue weighted by atomic mass is 10.0. The van der Waals surface area contributed by atoms with Gasteiger partial charge in [0, 0.05) is 6.54 Å². The van der Waals surface area contributed by atoms with Gasteiger partial charge in [0.1, 0.15) is 5.82 Å². The van der Waals surface area contributed by atoms with E-state index in [4.69, 9.17) is 0 Å². The van der Waals surface area contributed by atoms with E-state index in [0.29, 0.717) is 12.5 Å². The molecule has 0 aliphatic heterocycles. The molecule has 27 heavy (non-hydrogen) atoms. The van der Waals surface area contributed by atoms with Gasteiger partial charge in [-0.25, -0.2) is 4.39 Å². The van der Waals surface area contributed by atoms with E-state index in [1.165, 1.54) is 17.0 Å². The highest BCUT2D eigenvalue weighted by Gasteiger charge is 2.35. The van der Waals surface area contributed by atoms with Crippen molar-refractivity contribution in [2.75, 3.05) is 6.54 Å². The van der Waals surface area contributed by atoms with Gasteiger partial charge in [-0.05, 0) is 55.9 Å². The molecule has 0 heterocycles. The van der Waals surface area contributed by atoms with Crippen LogP contribution in [-0.2, 0) is 9.59 Å². The number of nitrogens with one attached hydrogen (secondary N) is 1. The van der Waals surface area contributed by atoms with Crippen LogP contribution in [0.15, 0.2) is 54.6 Å². The molecule has 0 spiro atoms. The monoisotopic (exact) mass is 368 g/mol. The highest BCUT2D eigenvalue weighted by molar-refractivity contribution is 6.35. The van der Waals surface area contributed by atoms with E-state index in [1.807, 2.05) is 44.2 Å². The molecule has 1 saturated carbocycles. The average Bonchev–Trinajstić information content (AvgIpc) is 3.52. The highest BCUT2D eigenvalue weighted by Crippen LogP contribution is 2.41. The van der Waals surface area contributed by atoms with E-state index in [2.05, 4.69) is 5.32 Å². The summed E-state index contributed by atoms with van der Waals surface area (Å²) in [6.07, 6.45) is 2.11. The SMILES string of the molecule is CCN(C(=O)C(=O)N[C@H](c1ccccc1)C1CC1)[C@H](C)c1ccc(F)cc1. The molecule has 0 unspecified atom stereocenters. The van der Waals surface area contributed by atoms with Crippen LogP contribution in [0.3, 0.4) is 0 Å². The van der Waals surface area contributed by atoms with Crippen LogP contribution in [0.4, 0.5) is 4.39 Å². The standard InChI is InChI=1S/C22H25FN2O2/c1-3-25(15(2)16-11-13-19(23)14-12-16)22(27)21(26)24-20(18-9-10-18)17-7-5-4-6-8-17/h4-8,11-15,18,20H,3,9-10H2,1-2H3,(H,24,26)/t15-,20-/m1/s1. The number of benzene rings is 2. The summed E-state index contributed by atoms with van der Waals surface area (Å²) in [7, 11) is 0. The van der Waals surface area contributed by atoms with E-state index in [1.54, 1.807) is 12.1 Å². The number of halogens is 1. The van der Waals surface area contributed by atoms with Crippen molar-refractivity contribution in [3.63, 3.8) is 0 Å². The molecule has 1 N–H and O–H groups in total. The molecule has 142 valence electrons. The summed E-state index contributed by atoms with van der Waals surface area (Å²) in [6, 6.07) is 15.3. The lowest BCUT2D eigenvalue weighted by Gasteiger charge is -2.29. The second-order valence-electron chi connectivity index (χ2n) is 7.02. The summed E-state index contributed by atoms with van der Waals surface area (Å²) in [5, 5.41) is 2.94. The van der Waals surface area contributed by atoms with Gasteiger partial charge < -0.3 is 10.2 Å². The van der Waals surface area contributed by atoms with Crippen molar-refractivity contribution in [3.05, 3.63) is 71.5 Å². The Labute approximate surface area is 159 Å². The van der Waals surface area contributed by atoms with E-state index in [9.17, 15) is 14.0 Å². The number of nitrogens with zero attached hydrogens (tertiary/aromatic N) is 1. The molecule has 2 atom stereocenters. The maximum absolute atomic E-state index is 13.2. The summed E-state index contributed by atoms with van der Waals surface area (Å²) < 4.78 is 13.2. The predicted molar refractivity (Wildman–Crippen MR) is 102 cm³/mol. The lowest BCUT2D eigenvalue weighted by Crippen LogP contribution is -2.45. The Morgan fingerprint density at radius 3 is 2.26 bits per heavy atom. The first-order chi connectivity index (χ1) is 13.0. The van der Waals surface area contributed by atoms with Crippen molar-refractivity contribution in [2.45, 2.75) is 38.8 Å². The third-order valence-corrected chi connectivity index (χ3v) is 5.15. The Kier molecular flexibility index (Phi) is 5.89. The van der Waals surface area contributed by atoms with Gasteiger partial charge in [-0.3, -0.25) is 9.59 Å². The van der Waals surface area contributed by atoms with Crippen molar-refractivity contribution in [1.82, 2.24) is 10.2 Å². The predicted octanol–water partition coefficient (Wildman–Crippen LogP) is 4.00. The third-order valence-electron chi connectivity index (χ3n) is 5.15. The molecular weight excluding hydrogens is 343 g/mol. The number of hydrogen-bond acceptors (Lipinski definition) is 2. The average molecular weight is 368 g/mol. The van der Waals surface area contributed by atoms with Crippen LogP contribution in [0.5, 0.6) is 0 Å². The van der Waals surface area contributed by atoms with Gasteiger partial charge >= 0.3 is 11.8 Å². The molecule has 2 aromatic carbocycles. The van der Waals surface area contributed by atoms with Gasteiger partial charge in [-0.2, -0.15) is 0 Å². The van der Waals surface area contributed by atoms with Gasteiger partial charge in [-0.1, -0.05) is 42.5 Å². The first-order valence-electron chi connectivity index (χ1n) is 9.43. The zero-order chi connectivity index (χ0) is 19.4. The number of amides is 2. The summed E-state index contributed by atoms with van der Waals surface area (Å²) in [6.45, 7) is 4.07. The van der Waals surface area contributed by atoms with Gasteiger partial charge in [0.2, 0.25) is 0 Å². The number of rotatable bonds is 6. The van der Waals surface area contributed by atoms with Crippen molar-refractivity contribution in [3.8, 4) is 0 Å². The molecule has 0 bridgehead atoms. The minimum absolute atomic E-state index is 0.137. The van der Waals surface area contributed by atoms with E-state index < -0.39 is 11.8 Å². The van der Waals surface area contributed by atoms with Crippen LogP contribution in [0.25, 0.3) is 0 Å². The summed E-state index contributed by atoms with van der Waals surface area (Å²) in [5.74, 6) is -1.09. The molecule has 1 aliphatic carbocycles. The molecule has 2 amide bonds. The van der Waals surface area contributed by atoms with Gasteiger partial charge in [0.05, 0.1) is 12.1 Å². The highest BCUT2D eigenvalue weighted by atomic mass is 19.1. The van der Waals surface area contributed by atoms with Crippen LogP contribution < -0.4 is 5.32 Å². The summed E-state index contributed by atoms with van der Waals surface area (Å²) in [5.41, 5.74) is 1.82. The van der Waals surface area contributed by atoms with Crippen molar-refractivity contribution in [2.24, 2.45) is 5.92 Å². The fraction of sp³-hybridized carbons (Fsp3) is 0.364. The molecule has 5 heteroatoms. The Balaban J connectivity index is 1.72. The van der Waals surface area contributed by atoms with E-state index in [0.717, 1.165) is 24.0 Å². The molecule has 3 rings (SSSR count). The molecule has 0 saturated heterocycles. The second-order valence-corrected chi connectivity index (χ2v) is 7.02. The van der Waals surface area contributed by atoms with Crippen LogP contribution in [-0.4, -0.2) is 23.3 Å². The number of hydrogen-bond donors (Lipinski definition) is 1. The minimum Gasteiger partial charge on any atom is -0.341 e. The molecule has 1 aliphatic rings. The first-order valence-corrected chi connectivity index (χ1v) is 9.43.